The van der Waals surface area contributed by atoms with Crippen LogP contribution >= 0.6 is 0 Å². The minimum absolute atomic E-state index is 0.138. The summed E-state index contributed by atoms with van der Waals surface area (Å²) in [5, 5.41) is 4.88. The van der Waals surface area contributed by atoms with E-state index in [-0.39, 0.29) is 19.0 Å². The molecule has 0 aromatic carbocycles. The fourth-order valence-electron chi connectivity index (χ4n) is 1.50. The molecule has 114 valence electrons. The Balaban J connectivity index is 4.54. The minimum Gasteiger partial charge on any atom is -0.368 e. The monoisotopic (exact) mass is 286 g/mol. The molecule has 0 aliphatic rings. The second-order valence-electron chi connectivity index (χ2n) is 4.95. The van der Waals surface area contributed by atoms with Gasteiger partial charge in [0, 0.05) is 7.05 Å². The van der Waals surface area contributed by atoms with Crippen LogP contribution in [-0.2, 0) is 19.2 Å². The Hall–Kier alpha value is -2.12. The van der Waals surface area contributed by atoms with Gasteiger partial charge in [0.05, 0.1) is 13.1 Å². The minimum atomic E-state index is -0.762. The third-order valence-corrected chi connectivity index (χ3v) is 2.37. The summed E-state index contributed by atoms with van der Waals surface area (Å²) in [6.07, 6.45) is 0.936. The summed E-state index contributed by atoms with van der Waals surface area (Å²) in [5.74, 6) is -1.41. The molecule has 0 aromatic heterocycles. The van der Waals surface area contributed by atoms with E-state index < -0.39 is 23.8 Å². The molecule has 0 saturated heterocycles. The fraction of sp³-hybridized carbons (Fsp3) is 0.667. The van der Waals surface area contributed by atoms with Crippen molar-refractivity contribution in [3.05, 3.63) is 0 Å². The summed E-state index contributed by atoms with van der Waals surface area (Å²) < 4.78 is 0. The van der Waals surface area contributed by atoms with E-state index in [1.165, 1.54) is 7.05 Å². The summed E-state index contributed by atoms with van der Waals surface area (Å²) in [6.45, 7) is 3.38. The zero-order valence-corrected chi connectivity index (χ0v) is 12.0. The highest BCUT2D eigenvalue weighted by atomic mass is 16.2. The number of carbonyl (C=O) groups excluding carboxylic acids is 4. The Bertz CT molecular complexity index is 370. The van der Waals surface area contributed by atoms with Crippen molar-refractivity contribution in [2.24, 2.45) is 11.7 Å². The van der Waals surface area contributed by atoms with Gasteiger partial charge in [-0.25, -0.2) is 0 Å². The van der Waals surface area contributed by atoms with Crippen molar-refractivity contribution in [1.82, 2.24) is 15.5 Å². The molecule has 0 fully saturated rings. The van der Waals surface area contributed by atoms with Gasteiger partial charge in [0.15, 0.2) is 0 Å². The van der Waals surface area contributed by atoms with Gasteiger partial charge in [0.2, 0.25) is 24.1 Å². The van der Waals surface area contributed by atoms with Crippen LogP contribution in [0.4, 0.5) is 0 Å². The molecular weight excluding hydrogens is 264 g/mol. The first-order valence-corrected chi connectivity index (χ1v) is 6.27. The van der Waals surface area contributed by atoms with Gasteiger partial charge in [-0.15, -0.1) is 0 Å². The first kappa shape index (κ1) is 17.9. The van der Waals surface area contributed by atoms with Crippen LogP contribution in [0.25, 0.3) is 0 Å². The molecular formula is C12H22N4O4. The normalized spacial score (nSPS) is 11.6. The van der Waals surface area contributed by atoms with Gasteiger partial charge in [-0.2, -0.15) is 0 Å². The number of rotatable bonds is 9. The third kappa shape index (κ3) is 8.06. The lowest BCUT2D eigenvalue weighted by Crippen LogP contribution is -2.50. The number of nitrogens with two attached hydrogens (primary N) is 1. The Kier molecular flexibility index (Phi) is 7.95. The van der Waals surface area contributed by atoms with Gasteiger partial charge in [0.1, 0.15) is 6.04 Å². The largest absolute Gasteiger partial charge is 0.368 e. The molecule has 0 aliphatic carbocycles. The van der Waals surface area contributed by atoms with Crippen molar-refractivity contribution in [1.29, 1.82) is 0 Å². The average Bonchev–Trinajstić information content (AvgIpc) is 2.34. The molecule has 0 radical (unpaired) electrons. The third-order valence-electron chi connectivity index (χ3n) is 2.37. The molecule has 0 spiro atoms. The Labute approximate surface area is 118 Å². The molecule has 0 aliphatic heterocycles. The molecule has 0 heterocycles. The van der Waals surface area contributed by atoms with Crippen LogP contribution in [0.15, 0.2) is 0 Å². The van der Waals surface area contributed by atoms with Crippen molar-refractivity contribution >= 4 is 24.1 Å². The Morgan fingerprint density at radius 1 is 1.30 bits per heavy atom. The van der Waals surface area contributed by atoms with Gasteiger partial charge in [-0.05, 0) is 12.3 Å². The molecule has 4 N–H and O–H groups in total. The van der Waals surface area contributed by atoms with Crippen LogP contribution in [0.5, 0.6) is 0 Å². The number of primary amides is 1. The highest BCUT2D eigenvalue weighted by Crippen LogP contribution is 2.05. The zero-order chi connectivity index (χ0) is 15.7. The summed E-state index contributed by atoms with van der Waals surface area (Å²) in [6, 6.07) is -0.762. The number of hydrogen-bond donors (Lipinski definition) is 3. The molecule has 0 aromatic rings. The van der Waals surface area contributed by atoms with Crippen LogP contribution in [0.1, 0.15) is 20.3 Å². The maximum Gasteiger partial charge on any atom is 0.243 e. The predicted octanol–water partition coefficient (Wildman–Crippen LogP) is -1.79. The second kappa shape index (κ2) is 8.89. The molecule has 0 bridgehead atoms. The van der Waals surface area contributed by atoms with Crippen molar-refractivity contribution in [2.45, 2.75) is 26.3 Å². The molecule has 4 amide bonds. The van der Waals surface area contributed by atoms with Crippen LogP contribution in [-0.4, -0.2) is 55.2 Å². The summed E-state index contributed by atoms with van der Waals surface area (Å²) in [7, 11) is 1.46. The maximum atomic E-state index is 11.9. The van der Waals surface area contributed by atoms with Gasteiger partial charge >= 0.3 is 0 Å². The van der Waals surface area contributed by atoms with Crippen LogP contribution < -0.4 is 16.4 Å². The van der Waals surface area contributed by atoms with Crippen molar-refractivity contribution in [2.75, 3.05) is 20.1 Å². The van der Waals surface area contributed by atoms with Gasteiger partial charge in [-0.3, -0.25) is 19.2 Å². The van der Waals surface area contributed by atoms with E-state index in [2.05, 4.69) is 10.6 Å². The van der Waals surface area contributed by atoms with Gasteiger partial charge in [0.25, 0.3) is 0 Å². The van der Waals surface area contributed by atoms with E-state index in [0.717, 1.165) is 4.90 Å². The zero-order valence-electron chi connectivity index (χ0n) is 12.0. The van der Waals surface area contributed by atoms with Gasteiger partial charge < -0.3 is 21.3 Å². The lowest BCUT2D eigenvalue weighted by atomic mass is 10.0. The highest BCUT2D eigenvalue weighted by Gasteiger charge is 2.22. The maximum absolute atomic E-state index is 11.9. The summed E-state index contributed by atoms with van der Waals surface area (Å²) in [5.41, 5.74) is 4.94. The molecule has 8 nitrogen and oxygen atoms in total. The Morgan fingerprint density at radius 3 is 2.35 bits per heavy atom. The lowest BCUT2D eigenvalue weighted by Gasteiger charge is -2.21. The van der Waals surface area contributed by atoms with E-state index in [0.29, 0.717) is 12.8 Å². The molecule has 8 heteroatoms. The van der Waals surface area contributed by atoms with E-state index in [1.54, 1.807) is 0 Å². The van der Waals surface area contributed by atoms with E-state index in [4.69, 9.17) is 5.73 Å². The summed E-state index contributed by atoms with van der Waals surface area (Å²) in [4.78, 5) is 45.7. The van der Waals surface area contributed by atoms with E-state index in [1.807, 2.05) is 13.8 Å². The molecule has 20 heavy (non-hydrogen) atoms. The highest BCUT2D eigenvalue weighted by molar-refractivity contribution is 5.90. The van der Waals surface area contributed by atoms with Gasteiger partial charge in [-0.1, -0.05) is 13.8 Å². The van der Waals surface area contributed by atoms with E-state index in [9.17, 15) is 19.2 Å². The van der Waals surface area contributed by atoms with Crippen molar-refractivity contribution in [3.8, 4) is 0 Å². The standard InChI is InChI=1S/C12H22N4O4/c1-8(2)4-9(12(20)14-5-10(13)18)15-11(19)6-16(3)7-17/h7-9H,4-6H2,1-3H3,(H2,13,18)(H,14,20)(H,15,19). The summed E-state index contributed by atoms with van der Waals surface area (Å²) >= 11 is 0. The topological polar surface area (TPSA) is 122 Å². The molecule has 1 atom stereocenters. The predicted molar refractivity (Wildman–Crippen MR) is 72.3 cm³/mol. The number of nitrogens with zero attached hydrogens (tertiary/aromatic N) is 1. The van der Waals surface area contributed by atoms with Crippen LogP contribution in [0.2, 0.25) is 0 Å². The van der Waals surface area contributed by atoms with E-state index >= 15 is 0 Å². The second-order valence-corrected chi connectivity index (χ2v) is 4.95. The molecule has 0 saturated carbocycles. The van der Waals surface area contributed by atoms with Crippen LogP contribution in [0.3, 0.4) is 0 Å². The smallest absolute Gasteiger partial charge is 0.243 e. The fourth-order valence-corrected chi connectivity index (χ4v) is 1.50. The molecule has 0 rings (SSSR count). The quantitative estimate of drug-likeness (QED) is 0.433. The first-order chi connectivity index (χ1) is 9.26. The first-order valence-electron chi connectivity index (χ1n) is 6.27. The number of hydrogen-bond acceptors (Lipinski definition) is 4. The number of amides is 4. The number of carbonyl (C=O) groups is 4. The SMILES string of the molecule is CC(C)CC(NC(=O)CN(C)C=O)C(=O)NCC(N)=O. The lowest BCUT2D eigenvalue weighted by molar-refractivity contribution is -0.132. The van der Waals surface area contributed by atoms with Crippen LogP contribution in [0, 0.1) is 5.92 Å². The molecule has 1 unspecified atom stereocenters. The Morgan fingerprint density at radius 2 is 1.90 bits per heavy atom. The average molecular weight is 286 g/mol. The van der Waals surface area contributed by atoms with Crippen molar-refractivity contribution < 1.29 is 19.2 Å². The van der Waals surface area contributed by atoms with Crippen molar-refractivity contribution in [3.63, 3.8) is 0 Å². The number of likely N-dealkylation sites (N-methyl/N-ethyl adjacent to an activating group) is 1. The number of nitrogens with one attached hydrogen (secondary N) is 2.